The number of hydrogen-bond donors (Lipinski definition) is 2. The van der Waals surface area contributed by atoms with Gasteiger partial charge in [-0.15, -0.1) is 11.3 Å². The number of nitrogens with zero attached hydrogens (tertiary/aromatic N) is 1. The minimum atomic E-state index is -3.50. The third-order valence-corrected chi connectivity index (χ3v) is 7.67. The lowest BCUT2D eigenvalue weighted by Crippen LogP contribution is -2.21. The number of rotatable bonds is 6. The molecule has 0 aliphatic rings. The van der Waals surface area contributed by atoms with Crippen molar-refractivity contribution in [2.45, 2.75) is 4.21 Å². The normalized spacial score (nSPS) is 11.4. The smallest absolute Gasteiger partial charge is 0.255 e. The zero-order valence-electron chi connectivity index (χ0n) is 16.2. The molecule has 152 valence electrons. The molecule has 0 saturated heterocycles. The molecule has 0 radical (unpaired) electrons. The molecule has 0 unspecified atom stereocenters. The summed E-state index contributed by atoms with van der Waals surface area (Å²) in [6.07, 6.45) is 0. The maximum Gasteiger partial charge on any atom is 0.255 e. The predicted molar refractivity (Wildman–Crippen MR) is 116 cm³/mol. The predicted octanol–water partition coefficient (Wildman–Crippen LogP) is 3.51. The number of methoxy groups -OCH3 is 1. The van der Waals surface area contributed by atoms with Gasteiger partial charge in [0, 0.05) is 24.5 Å². The van der Waals surface area contributed by atoms with Crippen molar-refractivity contribution in [2.75, 3.05) is 32.3 Å². The largest absolute Gasteiger partial charge is 0.497 e. The van der Waals surface area contributed by atoms with Gasteiger partial charge in [-0.2, -0.15) is 0 Å². The van der Waals surface area contributed by atoms with Crippen molar-refractivity contribution in [2.24, 2.45) is 0 Å². The number of anilines is 2. The monoisotopic (exact) mass is 431 g/mol. The zero-order valence-corrected chi connectivity index (χ0v) is 17.8. The number of thiophene rings is 1. The number of benzene rings is 2. The average Bonchev–Trinajstić information content (AvgIpc) is 3.20. The molecular weight excluding hydrogens is 410 g/mol. The van der Waals surface area contributed by atoms with E-state index in [-0.39, 0.29) is 10.1 Å². The summed E-state index contributed by atoms with van der Waals surface area (Å²) in [7, 11) is 1.04. The lowest BCUT2D eigenvalue weighted by molar-refractivity contribution is 0.102. The van der Waals surface area contributed by atoms with Gasteiger partial charge in [0.2, 0.25) is 0 Å². The molecule has 0 fully saturated rings. The van der Waals surface area contributed by atoms with Crippen molar-refractivity contribution in [3.63, 3.8) is 0 Å². The van der Waals surface area contributed by atoms with Crippen molar-refractivity contribution >= 4 is 38.6 Å². The van der Waals surface area contributed by atoms with E-state index in [0.717, 1.165) is 21.8 Å². The molecule has 0 bridgehead atoms. The molecule has 2 aromatic carbocycles. The summed E-state index contributed by atoms with van der Waals surface area (Å²) in [6.45, 7) is 0. The van der Waals surface area contributed by atoms with Gasteiger partial charge in [0.1, 0.15) is 9.96 Å². The number of hydrogen-bond acceptors (Lipinski definition) is 6. The Balaban J connectivity index is 1.87. The first-order chi connectivity index (χ1) is 13.7. The molecule has 1 aromatic heterocycles. The van der Waals surface area contributed by atoms with Crippen LogP contribution in [0, 0.1) is 0 Å². The van der Waals surface area contributed by atoms with Crippen LogP contribution in [0.5, 0.6) is 5.75 Å². The zero-order chi connectivity index (χ0) is 21.2. The molecule has 3 N–H and O–H groups in total. The van der Waals surface area contributed by atoms with Gasteiger partial charge < -0.3 is 15.8 Å². The number of nitrogens with two attached hydrogens (primary N) is 1. The van der Waals surface area contributed by atoms with Gasteiger partial charge in [-0.1, -0.05) is 6.07 Å². The fraction of sp³-hybridized carbons (Fsp3) is 0.150. The molecule has 0 atom stereocenters. The van der Waals surface area contributed by atoms with Crippen LogP contribution in [-0.4, -0.2) is 39.8 Å². The Morgan fingerprint density at radius 2 is 1.76 bits per heavy atom. The molecule has 29 heavy (non-hydrogen) atoms. The number of sulfonamides is 1. The van der Waals surface area contributed by atoms with Gasteiger partial charge in [0.05, 0.1) is 18.5 Å². The minimum Gasteiger partial charge on any atom is -0.497 e. The van der Waals surface area contributed by atoms with Gasteiger partial charge in [-0.25, -0.2) is 12.7 Å². The van der Waals surface area contributed by atoms with Crippen LogP contribution in [0.3, 0.4) is 0 Å². The minimum absolute atomic E-state index is 0.248. The van der Waals surface area contributed by atoms with E-state index in [1.165, 1.54) is 18.4 Å². The lowest BCUT2D eigenvalue weighted by atomic mass is 10.1. The van der Waals surface area contributed by atoms with E-state index in [0.29, 0.717) is 22.7 Å². The average molecular weight is 432 g/mol. The van der Waals surface area contributed by atoms with Crippen LogP contribution in [0.4, 0.5) is 11.4 Å². The second-order valence-electron chi connectivity index (χ2n) is 6.39. The highest BCUT2D eigenvalue weighted by Gasteiger charge is 2.20. The SMILES string of the molecule is COc1ccc(C(=O)Nc2cc(-c3ccc(S(=O)(=O)N(C)C)s3)ccc2N)cc1. The fourth-order valence-electron chi connectivity index (χ4n) is 2.55. The quantitative estimate of drug-likeness (QED) is 0.582. The van der Waals surface area contributed by atoms with Crippen molar-refractivity contribution in [1.29, 1.82) is 0 Å². The Hall–Kier alpha value is -2.88. The molecule has 1 amide bonds. The third kappa shape index (κ3) is 4.42. The number of ether oxygens (including phenoxy) is 1. The Morgan fingerprint density at radius 1 is 1.07 bits per heavy atom. The van der Waals surface area contributed by atoms with Crippen LogP contribution in [0.25, 0.3) is 10.4 Å². The first-order valence-electron chi connectivity index (χ1n) is 8.60. The van der Waals surface area contributed by atoms with E-state index in [1.54, 1.807) is 61.7 Å². The van der Waals surface area contributed by atoms with Gasteiger partial charge in [-0.05, 0) is 54.1 Å². The summed E-state index contributed by atoms with van der Waals surface area (Å²) >= 11 is 1.16. The van der Waals surface area contributed by atoms with Crippen molar-refractivity contribution < 1.29 is 17.9 Å². The number of carbonyl (C=O) groups is 1. The maximum absolute atomic E-state index is 12.5. The number of nitrogen functional groups attached to an aromatic ring is 1. The van der Waals surface area contributed by atoms with Crippen LogP contribution < -0.4 is 15.8 Å². The first-order valence-corrected chi connectivity index (χ1v) is 10.9. The Morgan fingerprint density at radius 3 is 2.38 bits per heavy atom. The second-order valence-corrected chi connectivity index (χ2v) is 9.85. The van der Waals surface area contributed by atoms with Crippen LogP contribution in [0.15, 0.2) is 58.8 Å². The highest BCUT2D eigenvalue weighted by atomic mass is 32.2. The van der Waals surface area contributed by atoms with Gasteiger partial charge in [0.25, 0.3) is 15.9 Å². The molecule has 0 aliphatic carbocycles. The highest BCUT2D eigenvalue weighted by Crippen LogP contribution is 2.34. The van der Waals surface area contributed by atoms with Gasteiger partial charge >= 0.3 is 0 Å². The van der Waals surface area contributed by atoms with Gasteiger partial charge in [0.15, 0.2) is 0 Å². The van der Waals surface area contributed by atoms with Crippen LogP contribution in [0.1, 0.15) is 10.4 Å². The maximum atomic E-state index is 12.5. The standard InChI is InChI=1S/C20H21N3O4S2/c1-23(2)29(25,26)19-11-10-18(28-19)14-6-9-16(21)17(12-14)22-20(24)13-4-7-15(27-3)8-5-13/h4-12H,21H2,1-3H3,(H,22,24). The van der Waals surface area contributed by atoms with Crippen LogP contribution >= 0.6 is 11.3 Å². The molecule has 0 spiro atoms. The first kappa shape index (κ1) is 20.8. The van der Waals surface area contributed by atoms with E-state index in [1.807, 2.05) is 0 Å². The van der Waals surface area contributed by atoms with Crippen molar-refractivity contribution in [1.82, 2.24) is 4.31 Å². The molecule has 0 saturated carbocycles. The molecule has 1 heterocycles. The number of nitrogens with one attached hydrogen (secondary N) is 1. The summed E-state index contributed by atoms with van der Waals surface area (Å²) in [4.78, 5) is 13.3. The Labute approximate surface area is 173 Å². The summed E-state index contributed by atoms with van der Waals surface area (Å²) in [5, 5.41) is 2.80. The van der Waals surface area contributed by atoms with Crippen molar-refractivity contribution in [3.8, 4) is 16.2 Å². The summed E-state index contributed by atoms with van der Waals surface area (Å²) < 4.78 is 31.1. The Kier molecular flexibility index (Phi) is 5.92. The molecule has 3 aromatic rings. The summed E-state index contributed by atoms with van der Waals surface area (Å²) in [6, 6.07) is 15.2. The number of amides is 1. The summed E-state index contributed by atoms with van der Waals surface area (Å²) in [5.74, 6) is 0.350. The lowest BCUT2D eigenvalue weighted by Gasteiger charge is -2.11. The molecule has 9 heteroatoms. The van der Waals surface area contributed by atoms with Crippen LogP contribution in [0.2, 0.25) is 0 Å². The molecule has 7 nitrogen and oxygen atoms in total. The van der Waals surface area contributed by atoms with E-state index in [9.17, 15) is 13.2 Å². The second kappa shape index (κ2) is 8.24. The van der Waals surface area contributed by atoms with E-state index in [2.05, 4.69) is 5.32 Å². The molecular formula is C20H21N3O4S2. The van der Waals surface area contributed by atoms with Crippen molar-refractivity contribution in [3.05, 3.63) is 60.2 Å². The topological polar surface area (TPSA) is 102 Å². The van der Waals surface area contributed by atoms with E-state index in [4.69, 9.17) is 10.5 Å². The number of carbonyl (C=O) groups excluding carboxylic acids is 1. The fourth-order valence-corrected chi connectivity index (χ4v) is 5.02. The van der Waals surface area contributed by atoms with Crippen LogP contribution in [-0.2, 0) is 10.0 Å². The Bertz CT molecular complexity index is 1140. The van der Waals surface area contributed by atoms with E-state index < -0.39 is 10.0 Å². The van der Waals surface area contributed by atoms with Gasteiger partial charge in [-0.3, -0.25) is 4.79 Å². The molecule has 0 aliphatic heterocycles. The summed E-state index contributed by atoms with van der Waals surface area (Å²) in [5.41, 5.74) is 8.11. The molecule has 3 rings (SSSR count). The third-order valence-electron chi connectivity index (χ3n) is 4.25. The highest BCUT2D eigenvalue weighted by molar-refractivity contribution is 7.91. The van der Waals surface area contributed by atoms with E-state index >= 15 is 0 Å².